The Bertz CT molecular complexity index is 386. The summed E-state index contributed by atoms with van der Waals surface area (Å²) in [4.78, 5) is 11.6. The van der Waals surface area contributed by atoms with Gasteiger partial charge in [-0.25, -0.2) is 0 Å². The molecule has 0 fully saturated rings. The predicted octanol–water partition coefficient (Wildman–Crippen LogP) is 0.881. The highest BCUT2D eigenvalue weighted by atomic mass is 16.5. The summed E-state index contributed by atoms with van der Waals surface area (Å²) in [5.74, 6) is 0.552. The van der Waals surface area contributed by atoms with Crippen molar-refractivity contribution in [2.45, 2.75) is 25.3 Å². The topological polar surface area (TPSA) is 56.1 Å². The number of methoxy groups -OCH3 is 1. The molecule has 0 radical (unpaired) electrons. The number of hydrogen-bond acceptors (Lipinski definition) is 4. The monoisotopic (exact) mass is 209 g/mol. The fourth-order valence-corrected chi connectivity index (χ4v) is 2.02. The number of fused-ring (bicyclic) bond motifs is 1. The second-order valence-electron chi connectivity index (χ2n) is 3.93. The smallest absolute Gasteiger partial charge is 0.313 e. The van der Waals surface area contributed by atoms with Gasteiger partial charge in [-0.05, 0) is 13.3 Å². The molecule has 0 saturated carbocycles. The van der Waals surface area contributed by atoms with E-state index in [1.54, 1.807) is 10.9 Å². The van der Waals surface area contributed by atoms with E-state index in [2.05, 4.69) is 10.4 Å². The summed E-state index contributed by atoms with van der Waals surface area (Å²) in [6.45, 7) is 2.05. The third kappa shape index (κ3) is 1.58. The molecule has 0 unspecified atom stereocenters. The van der Waals surface area contributed by atoms with Crippen molar-refractivity contribution in [3.63, 3.8) is 0 Å². The molecule has 0 aromatic carbocycles. The molecule has 15 heavy (non-hydrogen) atoms. The Morgan fingerprint density at radius 3 is 3.13 bits per heavy atom. The van der Waals surface area contributed by atoms with Crippen molar-refractivity contribution < 1.29 is 9.53 Å². The van der Waals surface area contributed by atoms with Crippen molar-refractivity contribution in [3.8, 4) is 0 Å². The van der Waals surface area contributed by atoms with Crippen molar-refractivity contribution in [3.05, 3.63) is 11.8 Å². The maximum Gasteiger partial charge on any atom is 0.313 e. The van der Waals surface area contributed by atoms with Gasteiger partial charge < -0.3 is 10.1 Å². The first kappa shape index (κ1) is 10.0. The number of esters is 1. The van der Waals surface area contributed by atoms with E-state index in [1.165, 1.54) is 7.11 Å². The molecule has 1 N–H and O–H groups in total. The van der Waals surface area contributed by atoms with Gasteiger partial charge in [-0.3, -0.25) is 9.48 Å². The molecular weight excluding hydrogens is 194 g/mol. The van der Waals surface area contributed by atoms with Crippen LogP contribution in [-0.2, 0) is 16.6 Å². The number of nitrogens with zero attached hydrogens (tertiary/aromatic N) is 2. The first-order valence-electron chi connectivity index (χ1n) is 4.99. The SMILES string of the molecule is COC(=O)[C@@H]1C[C@H](C)Nc2c1cnn2C. The molecule has 1 aliphatic heterocycles. The molecule has 5 nitrogen and oxygen atoms in total. The average Bonchev–Trinajstić information content (AvgIpc) is 2.58. The van der Waals surface area contributed by atoms with E-state index in [9.17, 15) is 4.79 Å². The van der Waals surface area contributed by atoms with E-state index < -0.39 is 0 Å². The van der Waals surface area contributed by atoms with E-state index in [0.29, 0.717) is 0 Å². The van der Waals surface area contributed by atoms with Crippen molar-refractivity contribution in [2.24, 2.45) is 7.05 Å². The van der Waals surface area contributed by atoms with E-state index in [-0.39, 0.29) is 17.9 Å². The lowest BCUT2D eigenvalue weighted by Crippen LogP contribution is -2.30. The number of carbonyl (C=O) groups is 1. The highest BCUT2D eigenvalue weighted by Gasteiger charge is 2.32. The Hall–Kier alpha value is -1.52. The van der Waals surface area contributed by atoms with Gasteiger partial charge in [0.2, 0.25) is 0 Å². The number of ether oxygens (including phenoxy) is 1. The van der Waals surface area contributed by atoms with Gasteiger partial charge >= 0.3 is 5.97 Å². The molecule has 0 saturated heterocycles. The van der Waals surface area contributed by atoms with Crippen LogP contribution in [0.1, 0.15) is 24.8 Å². The van der Waals surface area contributed by atoms with Gasteiger partial charge in [0.05, 0.1) is 19.2 Å². The minimum atomic E-state index is -0.185. The zero-order valence-electron chi connectivity index (χ0n) is 9.15. The highest BCUT2D eigenvalue weighted by Crippen LogP contribution is 2.34. The van der Waals surface area contributed by atoms with Crippen LogP contribution in [0.2, 0.25) is 0 Å². The summed E-state index contributed by atoms with van der Waals surface area (Å²) < 4.78 is 6.55. The lowest BCUT2D eigenvalue weighted by atomic mass is 9.91. The fraction of sp³-hybridized carbons (Fsp3) is 0.600. The third-order valence-corrected chi connectivity index (χ3v) is 2.80. The zero-order chi connectivity index (χ0) is 11.0. The van der Waals surface area contributed by atoms with Crippen LogP contribution in [0, 0.1) is 0 Å². The Balaban J connectivity index is 2.39. The molecule has 1 aromatic rings. The standard InChI is InChI=1S/C10H15N3O2/c1-6-4-7(10(14)15-3)8-5-11-13(2)9(8)12-6/h5-7,12H,4H2,1-3H3/t6-,7+/m0/s1. The lowest BCUT2D eigenvalue weighted by molar-refractivity contribution is -0.142. The molecule has 0 spiro atoms. The van der Waals surface area contributed by atoms with Gasteiger partial charge in [0, 0.05) is 18.7 Å². The van der Waals surface area contributed by atoms with E-state index >= 15 is 0 Å². The zero-order valence-corrected chi connectivity index (χ0v) is 9.15. The van der Waals surface area contributed by atoms with E-state index in [1.807, 2.05) is 14.0 Å². The first-order valence-corrected chi connectivity index (χ1v) is 4.99. The summed E-state index contributed by atoms with van der Waals surface area (Å²) in [5, 5.41) is 7.46. The predicted molar refractivity (Wildman–Crippen MR) is 55.7 cm³/mol. The maximum atomic E-state index is 11.6. The van der Waals surface area contributed by atoms with Gasteiger partial charge in [0.1, 0.15) is 5.82 Å². The quantitative estimate of drug-likeness (QED) is 0.698. The Kier molecular flexibility index (Phi) is 2.38. The second kappa shape index (κ2) is 3.56. The van der Waals surface area contributed by atoms with Gasteiger partial charge in [0.15, 0.2) is 0 Å². The summed E-state index contributed by atoms with van der Waals surface area (Å²) in [6.07, 6.45) is 2.49. The third-order valence-electron chi connectivity index (χ3n) is 2.80. The highest BCUT2D eigenvalue weighted by molar-refractivity contribution is 5.81. The number of aromatic nitrogens is 2. The van der Waals surface area contributed by atoms with Gasteiger partial charge in [-0.1, -0.05) is 0 Å². The largest absolute Gasteiger partial charge is 0.469 e. The van der Waals surface area contributed by atoms with Crippen molar-refractivity contribution in [1.82, 2.24) is 9.78 Å². The van der Waals surface area contributed by atoms with Crippen LogP contribution in [-0.4, -0.2) is 28.9 Å². The van der Waals surface area contributed by atoms with Crippen LogP contribution in [0.25, 0.3) is 0 Å². The molecule has 2 atom stereocenters. The average molecular weight is 209 g/mol. The van der Waals surface area contributed by atoms with Gasteiger partial charge in [-0.2, -0.15) is 5.10 Å². The van der Waals surface area contributed by atoms with Crippen LogP contribution in [0.5, 0.6) is 0 Å². The Labute approximate surface area is 88.4 Å². The summed E-state index contributed by atoms with van der Waals surface area (Å²) in [6, 6.07) is 0.261. The molecule has 1 aliphatic rings. The molecule has 82 valence electrons. The number of nitrogens with one attached hydrogen (secondary N) is 1. The summed E-state index contributed by atoms with van der Waals surface area (Å²) in [7, 11) is 3.28. The van der Waals surface area contributed by atoms with Crippen molar-refractivity contribution >= 4 is 11.8 Å². The van der Waals surface area contributed by atoms with Crippen LogP contribution in [0.4, 0.5) is 5.82 Å². The molecule has 0 amide bonds. The van der Waals surface area contributed by atoms with Crippen LogP contribution in [0.3, 0.4) is 0 Å². The molecule has 0 aliphatic carbocycles. The van der Waals surface area contributed by atoms with Crippen molar-refractivity contribution in [2.75, 3.05) is 12.4 Å². The maximum absolute atomic E-state index is 11.6. The second-order valence-corrected chi connectivity index (χ2v) is 3.93. The number of carbonyl (C=O) groups excluding carboxylic acids is 1. The summed E-state index contributed by atoms with van der Waals surface area (Å²) >= 11 is 0. The van der Waals surface area contributed by atoms with Gasteiger partial charge in [0.25, 0.3) is 0 Å². The van der Waals surface area contributed by atoms with E-state index in [4.69, 9.17) is 4.74 Å². The minimum absolute atomic E-state index is 0.183. The number of hydrogen-bond donors (Lipinski definition) is 1. The molecule has 2 rings (SSSR count). The molecule has 2 heterocycles. The van der Waals surface area contributed by atoms with Crippen molar-refractivity contribution in [1.29, 1.82) is 0 Å². The Morgan fingerprint density at radius 2 is 2.47 bits per heavy atom. The Morgan fingerprint density at radius 1 is 1.73 bits per heavy atom. The number of anilines is 1. The van der Waals surface area contributed by atoms with E-state index in [0.717, 1.165) is 17.8 Å². The minimum Gasteiger partial charge on any atom is -0.469 e. The first-order chi connectivity index (χ1) is 7.13. The number of aryl methyl sites for hydroxylation is 1. The summed E-state index contributed by atoms with van der Waals surface area (Å²) in [5.41, 5.74) is 0.933. The molecule has 1 aromatic heterocycles. The fourth-order valence-electron chi connectivity index (χ4n) is 2.02. The number of rotatable bonds is 1. The van der Waals surface area contributed by atoms with Crippen LogP contribution >= 0.6 is 0 Å². The van der Waals surface area contributed by atoms with Crippen LogP contribution < -0.4 is 5.32 Å². The van der Waals surface area contributed by atoms with Gasteiger partial charge in [-0.15, -0.1) is 0 Å². The molecule has 0 bridgehead atoms. The molecular formula is C10H15N3O2. The normalized spacial score (nSPS) is 24.2. The molecule has 5 heteroatoms. The lowest BCUT2D eigenvalue weighted by Gasteiger charge is -2.27. The van der Waals surface area contributed by atoms with Crippen LogP contribution in [0.15, 0.2) is 6.20 Å².